The van der Waals surface area contributed by atoms with Crippen LogP contribution in [0.5, 0.6) is 0 Å². The van der Waals surface area contributed by atoms with E-state index in [4.69, 9.17) is 9.84 Å². The molecule has 0 bridgehead atoms. The van der Waals surface area contributed by atoms with Crippen LogP contribution in [0, 0.1) is 55.4 Å². The molecule has 12 heterocycles. The number of anilines is 5. The van der Waals surface area contributed by atoms with Gasteiger partial charge in [0.05, 0.1) is 29.6 Å². The van der Waals surface area contributed by atoms with E-state index in [9.17, 15) is 0 Å². The molecule has 0 radical (unpaired) electrons. The highest BCUT2D eigenvalue weighted by molar-refractivity contribution is 7.16. The van der Waals surface area contributed by atoms with Crippen LogP contribution in [0.1, 0.15) is 177 Å². The lowest BCUT2D eigenvalue weighted by atomic mass is 9.89. The van der Waals surface area contributed by atoms with Crippen LogP contribution in [0.15, 0.2) is 183 Å². The number of benzene rings is 6. The Morgan fingerprint density at radius 2 is 0.849 bits per heavy atom. The molecule has 6 aromatic carbocycles. The molecule has 2 aromatic heterocycles. The third kappa shape index (κ3) is 31.4. The Morgan fingerprint density at radius 1 is 0.437 bits per heavy atom. The molecular formula is C108H163N15O2S. The number of piperazine rings is 5. The van der Waals surface area contributed by atoms with Crippen LogP contribution in [0.3, 0.4) is 0 Å². The number of aliphatic hydroxyl groups excluding tert-OH is 1. The molecule has 0 spiro atoms. The summed E-state index contributed by atoms with van der Waals surface area (Å²) in [6.07, 6.45) is 19.0. The highest BCUT2D eigenvalue weighted by Crippen LogP contribution is 2.34. The molecule has 0 aliphatic carbocycles. The van der Waals surface area contributed by atoms with Crippen LogP contribution >= 0.6 is 11.3 Å². The second-order valence-corrected chi connectivity index (χ2v) is 39.7. The Balaban J connectivity index is 0.000000140. The number of methoxy groups -OCH3 is 1. The summed E-state index contributed by atoms with van der Waals surface area (Å²) in [5, 5.41) is 14.2. The first kappa shape index (κ1) is 99.0. The third-order valence-corrected chi connectivity index (χ3v) is 29.2. The number of nitrogens with zero attached hydrogens (tertiary/aromatic N) is 14. The number of fused-ring (bicyclic) bond motifs is 2. The second-order valence-electron chi connectivity index (χ2n) is 38.4. The Labute approximate surface area is 767 Å². The van der Waals surface area contributed by atoms with E-state index in [1.807, 2.05) is 36.7 Å². The van der Waals surface area contributed by atoms with E-state index < -0.39 is 0 Å². The van der Waals surface area contributed by atoms with Crippen molar-refractivity contribution in [2.45, 2.75) is 214 Å². The number of aliphatic hydroxyl groups is 1. The highest BCUT2D eigenvalue weighted by Gasteiger charge is 2.34. The Kier molecular flexibility index (Phi) is 40.2. The average Bonchev–Trinajstić information content (AvgIpc) is 1.71. The van der Waals surface area contributed by atoms with E-state index >= 15 is 0 Å². The predicted octanol–water partition coefficient (Wildman–Crippen LogP) is 18.6. The number of likely N-dealkylation sites (tertiary alicyclic amines) is 3. The lowest BCUT2D eigenvalue weighted by Gasteiger charge is -2.43. The molecule has 2 N–H and O–H groups in total. The largest absolute Gasteiger partial charge is 0.395 e. The SMILES string of the molecule is C=CCN1CCC(c2ccc(C)cc2)CC1.COCCN1CCC(c2ccc(C)cc2)CC1.Cc1ccc(N2CCN(C(C)CO)CC2)cc1.Cc1ccc(N2CCN3CCCC3C2)cc1.Cc1ccc(N2CCN3CCCC3C2)s1.Cc1ccc(N2C[C@@H](C)N(C)[C@@H](C)C2)cc1.Cc1ccc(N2C[C@@H](C)N[C@@H](C)C2)cc1.Cc1cnc(C2CCN(C)CC2)cn1. The predicted molar refractivity (Wildman–Crippen MR) is 538 cm³/mol. The van der Waals surface area contributed by atoms with Gasteiger partial charge in [0.2, 0.25) is 0 Å². The van der Waals surface area contributed by atoms with Gasteiger partial charge < -0.3 is 49.5 Å². The molecule has 18 rings (SSSR count). The molecule has 18 heteroatoms. The number of nitrogens with one attached hydrogen (secondary N) is 1. The maximum Gasteiger partial charge on any atom is 0.0912 e. The Morgan fingerprint density at radius 3 is 1.28 bits per heavy atom. The lowest BCUT2D eigenvalue weighted by Crippen LogP contribution is -2.55. The second kappa shape index (κ2) is 51.1. The van der Waals surface area contributed by atoms with Gasteiger partial charge in [-0.3, -0.25) is 34.5 Å². The summed E-state index contributed by atoms with van der Waals surface area (Å²) in [7, 11) is 6.18. The molecule has 8 aromatic rings. The smallest absolute Gasteiger partial charge is 0.0912 e. The minimum Gasteiger partial charge on any atom is -0.395 e. The van der Waals surface area contributed by atoms with Crippen molar-refractivity contribution >= 4 is 39.1 Å². The first-order valence-corrected chi connectivity index (χ1v) is 49.3. The minimum atomic E-state index is 0.254. The molecule has 0 amide bonds. The van der Waals surface area contributed by atoms with Gasteiger partial charge >= 0.3 is 0 Å². The van der Waals surface area contributed by atoms with Gasteiger partial charge in [-0.25, -0.2) is 0 Å². The van der Waals surface area contributed by atoms with E-state index in [1.54, 1.807) is 7.11 Å². The molecule has 7 atom stereocenters. The molecule has 10 saturated heterocycles. The van der Waals surface area contributed by atoms with Crippen LogP contribution in [0.25, 0.3) is 0 Å². The molecule has 10 aliphatic heterocycles. The first-order valence-electron chi connectivity index (χ1n) is 48.5. The number of rotatable bonds is 15. The summed E-state index contributed by atoms with van der Waals surface area (Å²) in [4.78, 5) is 40.2. The van der Waals surface area contributed by atoms with Crippen LogP contribution in [-0.2, 0) is 4.74 Å². The molecule has 17 nitrogen and oxygen atoms in total. The van der Waals surface area contributed by atoms with Crippen LogP contribution < -0.4 is 29.8 Å². The van der Waals surface area contributed by atoms with Crippen molar-refractivity contribution in [2.75, 3.05) is 216 Å². The molecule has 0 saturated carbocycles. The van der Waals surface area contributed by atoms with E-state index in [2.05, 4.69) is 336 Å². The fraction of sp³-hybridized carbons (Fsp3) is 0.574. The molecule has 10 fully saturated rings. The standard InChI is InChI=1S/C15H23NO.C15H21N.C14H22N2O.C14H20N2.C14H22N2.C13H20N2.C12H18N2S.C11H17N3/c1-13-3-5-14(6-4-13)15-7-9-16(10-8-15)11-12-17-2;1-3-10-16-11-8-15(9-12-16)14-6-4-13(2)5-7-14;1-12-3-5-14(6-4-12)16-9-7-15(8-10-16)13(2)11-17;1-12-4-6-13(7-5-12)16-10-9-15-8-2-3-14(15)11-16;1-11-5-7-14(8-6-11)16-9-12(2)15(4)13(3)10-16;1-10-4-6-13(7-5-10)15-8-11(2)14-12(3)9-15;1-10-4-5-12(15-10)14-8-7-13-6-2-3-11(13)9-14;1-9-7-13-11(8-12-9)10-3-5-14(2)6-4-10/h3-6,15H,7-12H2,1-2H3;3-7,15H,1,8-12H2,2H3;3-6,13,17H,7-11H2,1-2H3;4-7,14H,2-3,8-11H2,1H3;5-8,12-13H,9-10H2,1-4H3;4-7,11-12,14H,8-9H2,1-3H3;4-5,11H,2-3,6-9H2,1H3;7-8,10H,3-6H2,1-2H3/t;;;;12-,13+;11-,12+;;. The summed E-state index contributed by atoms with van der Waals surface area (Å²) in [5.74, 6) is 2.15. The normalized spacial score (nSPS) is 22.8. The van der Waals surface area contributed by atoms with Gasteiger partial charge in [0.15, 0.2) is 0 Å². The lowest BCUT2D eigenvalue weighted by molar-refractivity contribution is 0.128. The maximum absolute atomic E-state index is 9.15. The van der Waals surface area contributed by atoms with Crippen LogP contribution in [-0.4, -0.2) is 283 Å². The number of piperidine rings is 3. The maximum atomic E-state index is 9.15. The summed E-state index contributed by atoms with van der Waals surface area (Å²) < 4.78 is 5.13. The zero-order valence-electron chi connectivity index (χ0n) is 80.7. The topological polar surface area (TPSA) is 106 Å². The summed E-state index contributed by atoms with van der Waals surface area (Å²) in [6, 6.07) is 62.3. The number of likely N-dealkylation sites (N-methyl/N-ethyl adjacent to an activating group) is 1. The monoisotopic (exact) mass is 1730 g/mol. The molecule has 10 aliphatic rings. The van der Waals surface area contributed by atoms with Gasteiger partial charge in [-0.15, -0.1) is 17.9 Å². The highest BCUT2D eigenvalue weighted by atomic mass is 32.1. The van der Waals surface area contributed by atoms with E-state index in [1.165, 1.54) is 239 Å². The Hall–Kier alpha value is -7.56. The number of thiophene rings is 1. The van der Waals surface area contributed by atoms with Gasteiger partial charge in [0.25, 0.3) is 0 Å². The van der Waals surface area contributed by atoms with Gasteiger partial charge in [-0.05, 0) is 304 Å². The van der Waals surface area contributed by atoms with Crippen molar-refractivity contribution in [1.82, 2.24) is 49.6 Å². The molecular weight excluding hydrogens is 1570 g/mol. The summed E-state index contributed by atoms with van der Waals surface area (Å²) in [6.45, 7) is 61.1. The number of hydrogen-bond donors (Lipinski definition) is 2. The minimum absolute atomic E-state index is 0.254. The van der Waals surface area contributed by atoms with Crippen LogP contribution in [0.4, 0.5) is 27.8 Å². The van der Waals surface area contributed by atoms with Crippen molar-refractivity contribution in [2.24, 2.45) is 0 Å². The Bertz CT molecular complexity index is 4310. The number of hydrogen-bond acceptors (Lipinski definition) is 18. The molecule has 126 heavy (non-hydrogen) atoms. The van der Waals surface area contributed by atoms with E-state index in [-0.39, 0.29) is 12.6 Å². The first-order chi connectivity index (χ1) is 60.9. The summed E-state index contributed by atoms with van der Waals surface area (Å²) in [5.41, 5.74) is 18.6. The van der Waals surface area contributed by atoms with Crippen molar-refractivity contribution in [3.05, 3.63) is 244 Å². The zero-order chi connectivity index (χ0) is 89.4. The van der Waals surface area contributed by atoms with E-state index in [0.717, 1.165) is 102 Å². The quantitative estimate of drug-likeness (QED) is 0.0950. The van der Waals surface area contributed by atoms with Crippen molar-refractivity contribution in [3.63, 3.8) is 0 Å². The fourth-order valence-electron chi connectivity index (χ4n) is 19.7. The van der Waals surface area contributed by atoms with Gasteiger partial charge in [0.1, 0.15) is 0 Å². The average molecular weight is 1740 g/mol. The number of aryl methyl sites for hydroxylation is 8. The molecule has 3 unspecified atom stereocenters. The molecule has 688 valence electrons. The van der Waals surface area contributed by atoms with Crippen molar-refractivity contribution < 1.29 is 9.84 Å². The summed E-state index contributed by atoms with van der Waals surface area (Å²) >= 11 is 1.94. The third-order valence-electron chi connectivity index (χ3n) is 28.1. The van der Waals surface area contributed by atoms with Gasteiger partial charge in [-0.2, -0.15) is 0 Å². The number of aromatic nitrogens is 2. The van der Waals surface area contributed by atoms with Crippen LogP contribution in [0.2, 0.25) is 0 Å². The number of ether oxygens (including phenoxy) is 1. The van der Waals surface area contributed by atoms with Gasteiger partial charge in [-0.1, -0.05) is 137 Å². The van der Waals surface area contributed by atoms with Crippen molar-refractivity contribution in [3.8, 4) is 0 Å². The zero-order valence-corrected chi connectivity index (χ0v) is 81.5. The van der Waals surface area contributed by atoms with Crippen molar-refractivity contribution in [1.29, 1.82) is 0 Å². The fourth-order valence-corrected chi connectivity index (χ4v) is 20.6. The van der Waals surface area contributed by atoms with Gasteiger partial charge in [0, 0.05) is 200 Å². The van der Waals surface area contributed by atoms with E-state index in [0.29, 0.717) is 30.1 Å².